The van der Waals surface area contributed by atoms with Crippen molar-refractivity contribution in [2.24, 2.45) is 0 Å². The van der Waals surface area contributed by atoms with E-state index in [1.54, 1.807) is 19.2 Å². The van der Waals surface area contributed by atoms with E-state index in [4.69, 9.17) is 4.74 Å². The van der Waals surface area contributed by atoms with Crippen LogP contribution in [0.15, 0.2) is 24.3 Å². The Morgan fingerprint density at radius 1 is 1.38 bits per heavy atom. The molecule has 0 saturated carbocycles. The molecular weight excluding hydrogens is 268 g/mol. The van der Waals surface area contributed by atoms with E-state index < -0.39 is 0 Å². The molecule has 2 amide bonds. The van der Waals surface area contributed by atoms with Gasteiger partial charge in [0.25, 0.3) is 5.91 Å². The second kappa shape index (κ2) is 7.22. The maximum absolute atomic E-state index is 12.0. The van der Waals surface area contributed by atoms with Gasteiger partial charge in [-0.15, -0.1) is 0 Å². The average molecular weight is 290 g/mol. The van der Waals surface area contributed by atoms with Crippen LogP contribution in [0.5, 0.6) is 0 Å². The molecule has 1 N–H and O–H groups in total. The predicted molar refractivity (Wildman–Crippen MR) is 79.9 cm³/mol. The number of nitrogens with one attached hydrogen (secondary N) is 1. The lowest BCUT2D eigenvalue weighted by Gasteiger charge is -2.16. The van der Waals surface area contributed by atoms with E-state index in [0.717, 1.165) is 18.5 Å². The van der Waals surface area contributed by atoms with Crippen molar-refractivity contribution >= 4 is 11.8 Å². The first-order valence-corrected chi connectivity index (χ1v) is 7.26. The fraction of sp³-hybridized carbons (Fsp3) is 0.500. The lowest BCUT2D eigenvalue weighted by molar-refractivity contribution is -0.128. The molecule has 1 fully saturated rings. The number of hydrogen-bond acceptors (Lipinski definition) is 3. The number of rotatable bonds is 6. The molecule has 1 aliphatic rings. The molecule has 0 spiro atoms. The Balaban J connectivity index is 1.92. The van der Waals surface area contributed by atoms with Crippen LogP contribution in [0.25, 0.3) is 0 Å². The maximum Gasteiger partial charge on any atom is 0.251 e. The molecular formula is C16H22N2O3. The molecule has 114 valence electrons. The van der Waals surface area contributed by atoms with Crippen LogP contribution in [0, 0.1) is 0 Å². The van der Waals surface area contributed by atoms with E-state index in [9.17, 15) is 9.59 Å². The maximum atomic E-state index is 12.0. The summed E-state index contributed by atoms with van der Waals surface area (Å²) in [5.74, 6) is 0.105. The van der Waals surface area contributed by atoms with E-state index in [1.807, 2.05) is 24.0 Å². The Labute approximate surface area is 125 Å². The molecule has 0 aromatic heterocycles. The zero-order valence-electron chi connectivity index (χ0n) is 12.6. The summed E-state index contributed by atoms with van der Waals surface area (Å²) in [6.45, 7) is 3.84. The van der Waals surface area contributed by atoms with Crippen molar-refractivity contribution in [3.8, 4) is 0 Å². The molecule has 5 heteroatoms. The van der Waals surface area contributed by atoms with Crippen molar-refractivity contribution in [1.82, 2.24) is 10.2 Å². The number of carbonyl (C=O) groups is 2. The Bertz CT molecular complexity index is 499. The lowest BCUT2D eigenvalue weighted by atomic mass is 10.1. The number of hydrogen-bond donors (Lipinski definition) is 1. The SMILES string of the molecule is COC[C@@H](C)NC(=O)c1ccc(CN2CCCC2=O)cc1. The van der Waals surface area contributed by atoms with Gasteiger partial charge in [0.05, 0.1) is 6.61 Å². The van der Waals surface area contributed by atoms with Crippen LogP contribution in [0.4, 0.5) is 0 Å². The van der Waals surface area contributed by atoms with Crippen LogP contribution in [0.3, 0.4) is 0 Å². The Morgan fingerprint density at radius 2 is 2.10 bits per heavy atom. The highest BCUT2D eigenvalue weighted by molar-refractivity contribution is 5.94. The Hall–Kier alpha value is -1.88. The van der Waals surface area contributed by atoms with Crippen molar-refractivity contribution in [3.63, 3.8) is 0 Å². The van der Waals surface area contributed by atoms with Gasteiger partial charge >= 0.3 is 0 Å². The van der Waals surface area contributed by atoms with Gasteiger partial charge in [0.15, 0.2) is 0 Å². The summed E-state index contributed by atoms with van der Waals surface area (Å²) in [6.07, 6.45) is 1.59. The molecule has 21 heavy (non-hydrogen) atoms. The van der Waals surface area contributed by atoms with Gasteiger partial charge in [0, 0.05) is 38.2 Å². The van der Waals surface area contributed by atoms with E-state index in [1.165, 1.54) is 0 Å². The molecule has 1 aliphatic heterocycles. The first-order valence-electron chi connectivity index (χ1n) is 7.26. The molecule has 0 radical (unpaired) electrons. The molecule has 5 nitrogen and oxygen atoms in total. The van der Waals surface area contributed by atoms with Gasteiger partial charge in [-0.05, 0) is 31.0 Å². The van der Waals surface area contributed by atoms with Gasteiger partial charge in [-0.3, -0.25) is 9.59 Å². The van der Waals surface area contributed by atoms with E-state index >= 15 is 0 Å². The van der Waals surface area contributed by atoms with E-state index in [0.29, 0.717) is 25.1 Å². The first-order chi connectivity index (χ1) is 10.1. The highest BCUT2D eigenvalue weighted by Crippen LogP contribution is 2.14. The van der Waals surface area contributed by atoms with Crippen LogP contribution in [-0.2, 0) is 16.1 Å². The minimum absolute atomic E-state index is 0.0237. The number of likely N-dealkylation sites (tertiary alicyclic amines) is 1. The average Bonchev–Trinajstić information content (AvgIpc) is 2.85. The number of nitrogens with zero attached hydrogens (tertiary/aromatic N) is 1. The molecule has 2 rings (SSSR count). The minimum Gasteiger partial charge on any atom is -0.383 e. The van der Waals surface area contributed by atoms with Crippen LogP contribution >= 0.6 is 0 Å². The molecule has 0 unspecified atom stereocenters. The van der Waals surface area contributed by atoms with Crippen molar-refractivity contribution in [2.75, 3.05) is 20.3 Å². The lowest BCUT2D eigenvalue weighted by Crippen LogP contribution is -2.35. The van der Waals surface area contributed by atoms with Crippen LogP contribution in [0.1, 0.15) is 35.7 Å². The number of amides is 2. The van der Waals surface area contributed by atoms with Gasteiger partial charge in [-0.25, -0.2) is 0 Å². The zero-order chi connectivity index (χ0) is 15.2. The van der Waals surface area contributed by atoms with Crippen LogP contribution < -0.4 is 5.32 Å². The summed E-state index contributed by atoms with van der Waals surface area (Å²) in [7, 11) is 1.61. The number of methoxy groups -OCH3 is 1. The van der Waals surface area contributed by atoms with Crippen LogP contribution in [0.2, 0.25) is 0 Å². The Morgan fingerprint density at radius 3 is 2.67 bits per heavy atom. The predicted octanol–water partition coefficient (Wildman–Crippen LogP) is 1.57. The van der Waals surface area contributed by atoms with Gasteiger partial charge in [-0.1, -0.05) is 12.1 Å². The summed E-state index contributed by atoms with van der Waals surface area (Å²) in [5.41, 5.74) is 1.67. The molecule has 1 heterocycles. The van der Waals surface area contributed by atoms with Crippen LogP contribution in [-0.4, -0.2) is 43.0 Å². The number of ether oxygens (including phenoxy) is 1. The number of carbonyl (C=O) groups excluding carboxylic acids is 2. The second-order valence-electron chi connectivity index (χ2n) is 5.45. The van der Waals surface area contributed by atoms with Crippen molar-refractivity contribution in [1.29, 1.82) is 0 Å². The quantitative estimate of drug-likeness (QED) is 0.865. The third kappa shape index (κ3) is 4.29. The summed E-state index contributed by atoms with van der Waals surface area (Å²) >= 11 is 0. The van der Waals surface area contributed by atoms with Gasteiger partial charge < -0.3 is 15.0 Å². The molecule has 0 aliphatic carbocycles. The van der Waals surface area contributed by atoms with Gasteiger partial charge in [0.1, 0.15) is 0 Å². The second-order valence-corrected chi connectivity index (χ2v) is 5.45. The minimum atomic E-state index is -0.108. The highest BCUT2D eigenvalue weighted by atomic mass is 16.5. The largest absolute Gasteiger partial charge is 0.383 e. The Kier molecular flexibility index (Phi) is 5.33. The smallest absolute Gasteiger partial charge is 0.251 e. The van der Waals surface area contributed by atoms with Gasteiger partial charge in [0.2, 0.25) is 5.91 Å². The zero-order valence-corrected chi connectivity index (χ0v) is 12.6. The monoisotopic (exact) mass is 290 g/mol. The summed E-state index contributed by atoms with van der Waals surface area (Å²) in [4.78, 5) is 25.5. The normalized spacial score (nSPS) is 16.1. The summed E-state index contributed by atoms with van der Waals surface area (Å²) in [6, 6.07) is 7.38. The molecule has 1 aromatic rings. The molecule has 1 atom stereocenters. The highest BCUT2D eigenvalue weighted by Gasteiger charge is 2.20. The summed E-state index contributed by atoms with van der Waals surface area (Å²) in [5, 5.41) is 2.87. The fourth-order valence-electron chi connectivity index (χ4n) is 2.45. The third-order valence-corrected chi connectivity index (χ3v) is 3.56. The molecule has 0 bridgehead atoms. The number of benzene rings is 1. The van der Waals surface area contributed by atoms with Gasteiger partial charge in [-0.2, -0.15) is 0 Å². The fourth-order valence-corrected chi connectivity index (χ4v) is 2.45. The topological polar surface area (TPSA) is 58.6 Å². The molecule has 1 saturated heterocycles. The first kappa shape index (κ1) is 15.5. The van der Waals surface area contributed by atoms with Crippen molar-refractivity contribution in [3.05, 3.63) is 35.4 Å². The molecule has 1 aromatic carbocycles. The standard InChI is InChI=1S/C16H22N2O3/c1-12(11-21-2)17-16(20)14-7-5-13(6-8-14)10-18-9-3-4-15(18)19/h5-8,12H,3-4,9-11H2,1-2H3,(H,17,20)/t12-/m1/s1. The summed E-state index contributed by atoms with van der Waals surface area (Å²) < 4.78 is 4.99. The van der Waals surface area contributed by atoms with Crippen molar-refractivity contribution < 1.29 is 14.3 Å². The third-order valence-electron chi connectivity index (χ3n) is 3.56. The van der Waals surface area contributed by atoms with Crippen molar-refractivity contribution in [2.45, 2.75) is 32.4 Å². The van der Waals surface area contributed by atoms with E-state index in [-0.39, 0.29) is 17.9 Å². The van der Waals surface area contributed by atoms with E-state index in [2.05, 4.69) is 5.32 Å².